The molecule has 1 aromatic heterocycles. The van der Waals surface area contributed by atoms with Gasteiger partial charge in [-0.05, 0) is 87.6 Å². The molecule has 4 saturated heterocycles. The first-order valence-corrected chi connectivity index (χ1v) is 21.3. The number of nitrogens with zero attached hydrogens (tertiary/aromatic N) is 1. The number of hydrogen-bond donors (Lipinski definition) is 7. The van der Waals surface area contributed by atoms with Crippen molar-refractivity contribution in [1.29, 1.82) is 0 Å². The van der Waals surface area contributed by atoms with Gasteiger partial charge in [-0.15, -0.1) is 0 Å². The summed E-state index contributed by atoms with van der Waals surface area (Å²) in [5.74, 6) is -3.56. The van der Waals surface area contributed by atoms with Crippen molar-refractivity contribution in [3.05, 3.63) is 108 Å². The predicted molar refractivity (Wildman–Crippen MR) is 228 cm³/mol. The molecular weight excluding hydrogens is 777 g/mol. The molecule has 8 rings (SSSR count). The van der Waals surface area contributed by atoms with E-state index in [1.165, 1.54) is 6.92 Å². The lowest BCUT2D eigenvalue weighted by atomic mass is 9.74. The second kappa shape index (κ2) is 18.7. The lowest BCUT2D eigenvalue weighted by Gasteiger charge is -2.50. The Balaban J connectivity index is 1.14. The second-order valence-electron chi connectivity index (χ2n) is 16.7. The Bertz CT molecular complexity index is 2230. The largest absolute Gasteiger partial charge is 0.458 e. The quantitative estimate of drug-likeness (QED) is 0.0647. The molecule has 61 heavy (non-hydrogen) atoms. The van der Waals surface area contributed by atoms with E-state index in [9.17, 15) is 28.8 Å². The van der Waals surface area contributed by atoms with Gasteiger partial charge < -0.3 is 47.4 Å². The number of nitrogens with two attached hydrogens (primary N) is 2. The molecule has 15 heteroatoms. The minimum Gasteiger partial charge on any atom is -0.458 e. The summed E-state index contributed by atoms with van der Waals surface area (Å²) in [4.78, 5) is 90.2. The third-order valence-corrected chi connectivity index (χ3v) is 12.5. The Morgan fingerprint density at radius 2 is 1.52 bits per heavy atom. The number of carbonyl (C=O) groups excluding carboxylic acids is 6. The van der Waals surface area contributed by atoms with E-state index in [1.54, 1.807) is 11.1 Å². The van der Waals surface area contributed by atoms with Crippen molar-refractivity contribution in [2.45, 2.75) is 112 Å². The molecule has 1 spiro atoms. The number of piperidine rings is 1. The van der Waals surface area contributed by atoms with Gasteiger partial charge in [0.25, 0.3) is 0 Å². The van der Waals surface area contributed by atoms with Gasteiger partial charge in [-0.1, -0.05) is 78.9 Å². The zero-order valence-corrected chi connectivity index (χ0v) is 34.5. The molecule has 15 nitrogen and oxygen atoms in total. The van der Waals surface area contributed by atoms with Gasteiger partial charge in [0.05, 0.1) is 6.04 Å². The van der Waals surface area contributed by atoms with Crippen LogP contribution in [0.15, 0.2) is 91.1 Å². The topological polar surface area (TPSA) is 231 Å². The number of unbranched alkanes of at least 4 members (excludes halogenated alkanes) is 1. The number of carbonyl (C=O) groups is 6. The summed E-state index contributed by atoms with van der Waals surface area (Å²) in [5.41, 5.74) is 12.9. The normalized spacial score (nSPS) is 23.9. The summed E-state index contributed by atoms with van der Waals surface area (Å²) in [6, 6.07) is 21.5. The maximum absolute atomic E-state index is 14.5. The fourth-order valence-electron chi connectivity index (χ4n) is 9.12. The molecule has 5 heterocycles. The molecule has 0 unspecified atom stereocenters. The van der Waals surface area contributed by atoms with Crippen LogP contribution in [0.4, 0.5) is 0 Å². The number of aromatic amines is 1. The van der Waals surface area contributed by atoms with Crippen LogP contribution in [0.2, 0.25) is 0 Å². The van der Waals surface area contributed by atoms with Crippen molar-refractivity contribution >= 4 is 46.4 Å². The van der Waals surface area contributed by atoms with Gasteiger partial charge in [0.15, 0.2) is 0 Å². The summed E-state index contributed by atoms with van der Waals surface area (Å²) in [5, 5.41) is 12.4. The Morgan fingerprint density at radius 3 is 2.26 bits per heavy atom. The zero-order valence-electron chi connectivity index (χ0n) is 34.5. The standard InChI is InChI=1S/C46H56N8O7/c1-29-38(42(58)53-45(27-31-15-6-3-7-16-31)21-22-46(44(60)61-29)20-12-24-54(46)43(45)59)52-40(56)36(19-10-11-23-47)50-41(57)37(26-32-28-49-35-18-9-8-17-33(32)35)51-39(55)34(48)25-30-13-4-2-5-14-30/h2-9,13-18,28-29,34,36-38,49H,10-12,19-27,47-48H2,1H3,(H,50,57)(H,51,55)(H,52,56)(H,53,58)/t29-,34+,36+,37-,38+,45+,46+/m1/s1. The van der Waals surface area contributed by atoms with E-state index in [0.717, 1.165) is 27.6 Å². The van der Waals surface area contributed by atoms with E-state index in [-0.39, 0.29) is 38.0 Å². The lowest BCUT2D eigenvalue weighted by Crippen LogP contribution is -2.73. The van der Waals surface area contributed by atoms with Gasteiger partial charge in [-0.3, -0.25) is 24.0 Å². The summed E-state index contributed by atoms with van der Waals surface area (Å²) in [6.07, 6.45) is 3.83. The van der Waals surface area contributed by atoms with Gasteiger partial charge in [0.2, 0.25) is 29.5 Å². The molecule has 3 aromatic carbocycles. The number of nitrogens with one attached hydrogen (secondary N) is 5. The Labute approximate surface area is 355 Å². The number of hydrogen-bond acceptors (Lipinski definition) is 9. The van der Waals surface area contributed by atoms with E-state index in [4.69, 9.17) is 16.2 Å². The number of H-pyrrole nitrogens is 1. The van der Waals surface area contributed by atoms with Crippen LogP contribution in [0.25, 0.3) is 10.9 Å². The van der Waals surface area contributed by atoms with Crippen LogP contribution in [0.3, 0.4) is 0 Å². The fraction of sp³-hybridized carbons (Fsp3) is 0.435. The van der Waals surface area contributed by atoms with Crippen molar-refractivity contribution in [3.63, 3.8) is 0 Å². The SMILES string of the molecule is C[C@H]1OC(=O)[C@@]23CCCN2C(=O)[C@@](Cc2ccccc2)(CC3)NC(=O)[C@H]1NC(=O)[C@H](CCCCN)NC(=O)[C@@H](Cc1c[nH]c2ccccc12)NC(=O)[C@@H](N)Cc1ccccc1. The summed E-state index contributed by atoms with van der Waals surface area (Å²) < 4.78 is 5.97. The van der Waals surface area contributed by atoms with Crippen molar-refractivity contribution in [1.82, 2.24) is 31.2 Å². The van der Waals surface area contributed by atoms with Crippen LogP contribution in [-0.4, -0.2) is 99.8 Å². The van der Waals surface area contributed by atoms with Crippen LogP contribution in [0.1, 0.15) is 68.6 Å². The molecule has 9 N–H and O–H groups in total. The average molecular weight is 833 g/mol. The molecule has 4 aliphatic rings. The molecule has 4 fully saturated rings. The van der Waals surface area contributed by atoms with Crippen LogP contribution in [-0.2, 0) is 52.8 Å². The van der Waals surface area contributed by atoms with Crippen LogP contribution >= 0.6 is 0 Å². The lowest BCUT2D eigenvalue weighted by molar-refractivity contribution is -0.177. The highest BCUT2D eigenvalue weighted by Crippen LogP contribution is 2.44. The highest BCUT2D eigenvalue weighted by atomic mass is 16.5. The average Bonchev–Trinajstić information content (AvgIpc) is 3.89. The van der Waals surface area contributed by atoms with E-state index in [2.05, 4.69) is 26.3 Å². The first-order chi connectivity index (χ1) is 29.4. The first-order valence-electron chi connectivity index (χ1n) is 21.3. The van der Waals surface area contributed by atoms with Crippen LogP contribution < -0.4 is 32.7 Å². The number of fused-ring (bicyclic) bond motifs is 7. The highest BCUT2D eigenvalue weighted by Gasteiger charge is 2.61. The fourth-order valence-corrected chi connectivity index (χ4v) is 9.12. The van der Waals surface area contributed by atoms with E-state index < -0.39 is 70.9 Å². The molecule has 2 bridgehead atoms. The molecule has 322 valence electrons. The number of aromatic nitrogens is 1. The van der Waals surface area contributed by atoms with E-state index in [0.29, 0.717) is 45.2 Å². The maximum Gasteiger partial charge on any atom is 0.332 e. The Hall–Kier alpha value is -6.06. The monoisotopic (exact) mass is 832 g/mol. The van der Waals surface area contributed by atoms with E-state index >= 15 is 0 Å². The highest BCUT2D eigenvalue weighted by molar-refractivity contribution is 6.01. The third kappa shape index (κ3) is 9.32. The van der Waals surface area contributed by atoms with E-state index in [1.807, 2.05) is 84.9 Å². The van der Waals surface area contributed by atoms with Crippen molar-refractivity contribution in [2.75, 3.05) is 13.1 Å². The Morgan fingerprint density at radius 1 is 0.836 bits per heavy atom. The molecule has 4 aliphatic heterocycles. The van der Waals surface area contributed by atoms with Gasteiger partial charge in [-0.25, -0.2) is 4.79 Å². The van der Waals surface area contributed by atoms with Crippen molar-refractivity contribution in [2.24, 2.45) is 11.5 Å². The number of ether oxygens (including phenoxy) is 1. The number of benzene rings is 3. The minimum absolute atomic E-state index is 0.0745. The second-order valence-corrected chi connectivity index (χ2v) is 16.7. The van der Waals surface area contributed by atoms with Gasteiger partial charge in [0, 0.05) is 36.5 Å². The number of esters is 1. The smallest absolute Gasteiger partial charge is 0.332 e. The molecule has 4 aromatic rings. The van der Waals surface area contributed by atoms with Gasteiger partial charge in [0.1, 0.15) is 35.3 Å². The van der Waals surface area contributed by atoms with Crippen LogP contribution in [0, 0.1) is 0 Å². The molecule has 5 amide bonds. The third-order valence-electron chi connectivity index (χ3n) is 12.5. The number of amides is 5. The Kier molecular flexibility index (Phi) is 13.2. The molecular formula is C46H56N8O7. The summed E-state index contributed by atoms with van der Waals surface area (Å²) in [6.45, 7) is 2.24. The van der Waals surface area contributed by atoms with Gasteiger partial charge in [-0.2, -0.15) is 0 Å². The van der Waals surface area contributed by atoms with Crippen molar-refractivity contribution < 1.29 is 33.5 Å². The minimum atomic E-state index is -1.42. The zero-order chi connectivity index (χ0) is 43.1. The molecule has 0 radical (unpaired) electrons. The molecule has 7 atom stereocenters. The first kappa shape index (κ1) is 43.0. The summed E-state index contributed by atoms with van der Waals surface area (Å²) >= 11 is 0. The summed E-state index contributed by atoms with van der Waals surface area (Å²) in [7, 11) is 0. The predicted octanol–water partition coefficient (Wildman–Crippen LogP) is 2.06. The van der Waals surface area contributed by atoms with Crippen LogP contribution in [0.5, 0.6) is 0 Å². The van der Waals surface area contributed by atoms with Gasteiger partial charge >= 0.3 is 5.97 Å². The number of rotatable bonds is 16. The molecule has 0 aliphatic carbocycles. The maximum atomic E-state index is 14.5. The van der Waals surface area contributed by atoms with Crippen molar-refractivity contribution in [3.8, 4) is 0 Å². The number of para-hydroxylation sites is 1. The molecule has 0 saturated carbocycles.